The summed E-state index contributed by atoms with van der Waals surface area (Å²) in [6.07, 6.45) is 2.01. The van der Waals surface area contributed by atoms with E-state index in [-0.39, 0.29) is 5.56 Å². The van der Waals surface area contributed by atoms with Crippen LogP contribution in [0.2, 0.25) is 0 Å². The molecular formula is C14H13NO2S. The van der Waals surface area contributed by atoms with E-state index in [4.69, 9.17) is 10.8 Å². The molecule has 0 heterocycles. The highest BCUT2D eigenvalue weighted by Crippen LogP contribution is 2.26. The zero-order valence-electron chi connectivity index (χ0n) is 9.88. The molecule has 0 saturated carbocycles. The molecule has 3 nitrogen and oxygen atoms in total. The van der Waals surface area contributed by atoms with Crippen molar-refractivity contribution in [3.8, 4) is 11.1 Å². The van der Waals surface area contributed by atoms with Crippen molar-refractivity contribution in [3.05, 3.63) is 48.0 Å². The molecule has 0 aromatic heterocycles. The lowest BCUT2D eigenvalue weighted by Crippen LogP contribution is -1.98. The third-order valence-corrected chi connectivity index (χ3v) is 3.37. The first kappa shape index (κ1) is 12.5. The van der Waals surface area contributed by atoms with E-state index < -0.39 is 5.97 Å². The van der Waals surface area contributed by atoms with Crippen molar-refractivity contribution in [3.63, 3.8) is 0 Å². The third kappa shape index (κ3) is 2.65. The van der Waals surface area contributed by atoms with Gasteiger partial charge in [0.2, 0.25) is 0 Å². The Morgan fingerprint density at radius 1 is 1.11 bits per heavy atom. The fourth-order valence-electron chi connectivity index (χ4n) is 1.73. The van der Waals surface area contributed by atoms with Crippen LogP contribution in [0.5, 0.6) is 0 Å². The average Bonchev–Trinajstić information content (AvgIpc) is 2.38. The maximum absolute atomic E-state index is 11.0. The van der Waals surface area contributed by atoms with Crippen molar-refractivity contribution < 1.29 is 9.90 Å². The number of hydrogen-bond donors (Lipinski definition) is 2. The molecule has 92 valence electrons. The van der Waals surface area contributed by atoms with Crippen LogP contribution < -0.4 is 5.73 Å². The molecule has 0 unspecified atom stereocenters. The first-order valence-corrected chi connectivity index (χ1v) is 6.61. The van der Waals surface area contributed by atoms with Crippen molar-refractivity contribution in [2.24, 2.45) is 0 Å². The minimum atomic E-state index is -0.968. The summed E-state index contributed by atoms with van der Waals surface area (Å²) in [5, 5.41) is 9.00. The Morgan fingerprint density at radius 2 is 1.78 bits per heavy atom. The van der Waals surface area contributed by atoms with Crippen LogP contribution in [0.4, 0.5) is 5.69 Å². The van der Waals surface area contributed by atoms with Gasteiger partial charge in [0.05, 0.1) is 5.56 Å². The monoisotopic (exact) mass is 259 g/mol. The largest absolute Gasteiger partial charge is 0.478 e. The first-order valence-electron chi connectivity index (χ1n) is 5.38. The molecule has 0 amide bonds. The summed E-state index contributed by atoms with van der Waals surface area (Å²) in [5.74, 6) is -0.968. The molecule has 0 bridgehead atoms. The minimum absolute atomic E-state index is 0.207. The maximum atomic E-state index is 11.0. The molecule has 0 radical (unpaired) electrons. The van der Waals surface area contributed by atoms with Crippen LogP contribution in [0.15, 0.2) is 47.4 Å². The summed E-state index contributed by atoms with van der Waals surface area (Å²) in [4.78, 5) is 12.1. The molecule has 0 aliphatic heterocycles. The number of hydrogen-bond acceptors (Lipinski definition) is 3. The number of benzene rings is 2. The van der Waals surface area contributed by atoms with Crippen LogP contribution in [0, 0.1) is 0 Å². The van der Waals surface area contributed by atoms with Crippen molar-refractivity contribution in [2.45, 2.75) is 4.90 Å². The topological polar surface area (TPSA) is 63.3 Å². The molecule has 0 aliphatic rings. The van der Waals surface area contributed by atoms with Crippen LogP contribution in [-0.2, 0) is 0 Å². The fourth-order valence-corrected chi connectivity index (χ4v) is 2.13. The molecule has 0 atom stereocenters. The normalized spacial score (nSPS) is 10.3. The molecule has 18 heavy (non-hydrogen) atoms. The summed E-state index contributed by atoms with van der Waals surface area (Å²) in [5.41, 5.74) is 8.17. The maximum Gasteiger partial charge on any atom is 0.335 e. The Kier molecular flexibility index (Phi) is 3.58. The Labute approximate surface area is 110 Å². The number of aromatic carboxylic acids is 1. The molecule has 0 spiro atoms. The smallest absolute Gasteiger partial charge is 0.335 e. The molecule has 0 saturated heterocycles. The number of carbonyl (C=O) groups is 1. The predicted molar refractivity (Wildman–Crippen MR) is 75.0 cm³/mol. The fraction of sp³-hybridized carbons (Fsp3) is 0.0714. The standard InChI is InChI=1S/C14H13NO2S/c1-18-13-4-2-9(3-5-13)10-6-11(14(16)17)8-12(15)7-10/h2-8H,15H2,1H3,(H,16,17). The average molecular weight is 259 g/mol. The van der Waals surface area contributed by atoms with E-state index in [1.807, 2.05) is 30.5 Å². The molecule has 0 fully saturated rings. The summed E-state index contributed by atoms with van der Waals surface area (Å²) in [6.45, 7) is 0. The van der Waals surface area contributed by atoms with Crippen molar-refractivity contribution in [2.75, 3.05) is 12.0 Å². The van der Waals surface area contributed by atoms with Gasteiger partial charge in [-0.15, -0.1) is 11.8 Å². The number of carboxylic acid groups (broad SMARTS) is 1. The summed E-state index contributed by atoms with van der Waals surface area (Å²) in [6, 6.07) is 12.8. The second-order valence-corrected chi connectivity index (χ2v) is 4.76. The number of anilines is 1. The Morgan fingerprint density at radius 3 is 2.33 bits per heavy atom. The highest BCUT2D eigenvalue weighted by molar-refractivity contribution is 7.98. The van der Waals surface area contributed by atoms with Gasteiger partial charge in [0, 0.05) is 10.6 Å². The lowest BCUT2D eigenvalue weighted by atomic mass is 10.0. The van der Waals surface area contributed by atoms with Crippen molar-refractivity contribution >= 4 is 23.4 Å². The van der Waals surface area contributed by atoms with Gasteiger partial charge < -0.3 is 10.8 Å². The predicted octanol–water partition coefficient (Wildman–Crippen LogP) is 3.36. The van der Waals surface area contributed by atoms with Crippen molar-refractivity contribution in [1.29, 1.82) is 0 Å². The molecule has 2 aromatic carbocycles. The van der Waals surface area contributed by atoms with Gasteiger partial charge in [-0.2, -0.15) is 0 Å². The number of nitrogens with two attached hydrogens (primary N) is 1. The zero-order chi connectivity index (χ0) is 13.1. The Bertz CT molecular complexity index is 579. The van der Waals surface area contributed by atoms with E-state index >= 15 is 0 Å². The number of thioether (sulfide) groups is 1. The van der Waals surface area contributed by atoms with E-state index in [9.17, 15) is 4.79 Å². The van der Waals surface area contributed by atoms with Gasteiger partial charge >= 0.3 is 5.97 Å². The second kappa shape index (κ2) is 5.14. The van der Waals surface area contributed by atoms with Gasteiger partial charge in [0.1, 0.15) is 0 Å². The number of rotatable bonds is 3. The lowest BCUT2D eigenvalue weighted by Gasteiger charge is -2.06. The second-order valence-electron chi connectivity index (χ2n) is 3.88. The van der Waals surface area contributed by atoms with Gasteiger partial charge in [0.15, 0.2) is 0 Å². The van der Waals surface area contributed by atoms with Crippen LogP contribution in [0.3, 0.4) is 0 Å². The summed E-state index contributed by atoms with van der Waals surface area (Å²) in [7, 11) is 0. The Balaban J connectivity index is 2.46. The molecule has 2 rings (SSSR count). The van der Waals surface area contributed by atoms with Gasteiger partial charge in [-0.3, -0.25) is 0 Å². The summed E-state index contributed by atoms with van der Waals surface area (Å²) < 4.78 is 0. The zero-order valence-corrected chi connectivity index (χ0v) is 10.7. The van der Waals surface area contributed by atoms with E-state index in [1.165, 1.54) is 11.0 Å². The van der Waals surface area contributed by atoms with Gasteiger partial charge in [-0.25, -0.2) is 4.79 Å². The SMILES string of the molecule is CSc1ccc(-c2cc(N)cc(C(=O)O)c2)cc1. The van der Waals surface area contributed by atoms with E-state index in [0.29, 0.717) is 5.69 Å². The third-order valence-electron chi connectivity index (χ3n) is 2.63. The first-order chi connectivity index (χ1) is 8.60. The lowest BCUT2D eigenvalue weighted by molar-refractivity contribution is 0.0697. The van der Waals surface area contributed by atoms with E-state index in [1.54, 1.807) is 23.9 Å². The quantitative estimate of drug-likeness (QED) is 0.655. The molecule has 0 aliphatic carbocycles. The number of nitrogen functional groups attached to an aromatic ring is 1. The van der Waals surface area contributed by atoms with Crippen molar-refractivity contribution in [1.82, 2.24) is 0 Å². The highest BCUT2D eigenvalue weighted by atomic mass is 32.2. The number of carboxylic acids is 1. The van der Waals surface area contributed by atoms with Crippen LogP contribution in [0.1, 0.15) is 10.4 Å². The van der Waals surface area contributed by atoms with E-state index in [2.05, 4.69) is 0 Å². The Hall–Kier alpha value is -1.94. The van der Waals surface area contributed by atoms with E-state index in [0.717, 1.165) is 11.1 Å². The van der Waals surface area contributed by atoms with Crippen LogP contribution in [0.25, 0.3) is 11.1 Å². The van der Waals surface area contributed by atoms with Gasteiger partial charge in [0.25, 0.3) is 0 Å². The molecular weight excluding hydrogens is 246 g/mol. The van der Waals surface area contributed by atoms with Crippen LogP contribution >= 0.6 is 11.8 Å². The van der Waals surface area contributed by atoms with Crippen LogP contribution in [-0.4, -0.2) is 17.3 Å². The van der Waals surface area contributed by atoms with Gasteiger partial charge in [-0.05, 0) is 47.7 Å². The molecule has 4 heteroatoms. The molecule has 3 N–H and O–H groups in total. The summed E-state index contributed by atoms with van der Waals surface area (Å²) >= 11 is 1.67. The van der Waals surface area contributed by atoms with Gasteiger partial charge in [-0.1, -0.05) is 12.1 Å². The molecule has 2 aromatic rings. The highest BCUT2D eigenvalue weighted by Gasteiger charge is 2.07. The minimum Gasteiger partial charge on any atom is -0.478 e.